The molecular weight excluding hydrogens is 458 g/mol. The van der Waals surface area contributed by atoms with Gasteiger partial charge >= 0.3 is 5.97 Å². The molecule has 0 heterocycles. The Kier molecular flexibility index (Phi) is 15.7. The molecule has 2 aromatic carbocycles. The highest BCUT2D eigenvalue weighted by atomic mass is 16.5. The van der Waals surface area contributed by atoms with E-state index in [9.17, 15) is 4.79 Å². The highest BCUT2D eigenvalue weighted by Crippen LogP contribution is 2.16. The highest BCUT2D eigenvalue weighted by Gasteiger charge is 2.16. The van der Waals surface area contributed by atoms with Crippen molar-refractivity contribution in [3.63, 3.8) is 0 Å². The van der Waals surface area contributed by atoms with E-state index in [4.69, 9.17) is 9.47 Å². The third-order valence-corrected chi connectivity index (χ3v) is 6.91. The maximum absolute atomic E-state index is 12.1. The second kappa shape index (κ2) is 18.8. The minimum Gasteiger partial charge on any atom is -0.493 e. The predicted molar refractivity (Wildman–Crippen MR) is 155 cm³/mol. The van der Waals surface area contributed by atoms with Crippen molar-refractivity contribution in [3.8, 4) is 5.75 Å². The van der Waals surface area contributed by atoms with E-state index in [2.05, 4.69) is 69.6 Å². The molecule has 4 heteroatoms. The molecule has 0 spiro atoms. The summed E-state index contributed by atoms with van der Waals surface area (Å²) < 4.78 is 12.1. The lowest BCUT2D eigenvalue weighted by molar-refractivity contribution is -0.903. The molecule has 0 bridgehead atoms. The third kappa shape index (κ3) is 15.5. The van der Waals surface area contributed by atoms with Crippen LogP contribution in [0.1, 0.15) is 95.1 Å². The van der Waals surface area contributed by atoms with Crippen LogP contribution < -0.4 is 4.74 Å². The maximum atomic E-state index is 12.1. The van der Waals surface area contributed by atoms with E-state index in [0.717, 1.165) is 36.2 Å². The van der Waals surface area contributed by atoms with Crippen LogP contribution in [-0.2, 0) is 22.5 Å². The molecule has 2 aromatic rings. The summed E-state index contributed by atoms with van der Waals surface area (Å²) in [4.78, 5) is 12.1. The minimum atomic E-state index is -0.111. The number of esters is 1. The quantitative estimate of drug-likeness (QED) is 0.0966. The smallest absolute Gasteiger partial charge is 0.306 e. The average Bonchev–Trinajstić information content (AvgIpc) is 2.88. The fraction of sp³-hybridized carbons (Fsp3) is 0.606. The number of quaternary nitrogens is 1. The molecule has 0 atom stereocenters. The van der Waals surface area contributed by atoms with Gasteiger partial charge in [0.2, 0.25) is 0 Å². The zero-order valence-corrected chi connectivity index (χ0v) is 23.9. The fourth-order valence-electron chi connectivity index (χ4n) is 4.71. The number of benzene rings is 2. The van der Waals surface area contributed by atoms with E-state index in [1.807, 2.05) is 6.07 Å². The number of nitrogens with zero attached hydrogens (tertiary/aromatic N) is 1. The van der Waals surface area contributed by atoms with Crippen LogP contribution in [0.15, 0.2) is 54.6 Å². The SMILES string of the molecule is CCCCCCCCCCCc1ccc(OCCCOC(=O)CCC[N+](C)(C)Cc2ccccc2)cc1. The molecule has 0 saturated carbocycles. The second-order valence-corrected chi connectivity index (χ2v) is 11.1. The predicted octanol–water partition coefficient (Wildman–Crippen LogP) is 8.13. The largest absolute Gasteiger partial charge is 0.493 e. The first kappa shape index (κ1) is 30.9. The maximum Gasteiger partial charge on any atom is 0.306 e. The van der Waals surface area contributed by atoms with Crippen molar-refractivity contribution >= 4 is 5.97 Å². The molecule has 0 aliphatic rings. The Balaban J connectivity index is 1.46. The van der Waals surface area contributed by atoms with Gasteiger partial charge in [-0.05, 0) is 30.5 Å². The Morgan fingerprint density at radius 3 is 2.03 bits per heavy atom. The van der Waals surface area contributed by atoms with E-state index < -0.39 is 0 Å². The molecular formula is C33H52NO3+. The van der Waals surface area contributed by atoms with Crippen LogP contribution in [0.3, 0.4) is 0 Å². The average molecular weight is 511 g/mol. The summed E-state index contributed by atoms with van der Waals surface area (Å²) in [6, 6.07) is 19.0. The molecule has 0 N–H and O–H groups in total. The summed E-state index contributed by atoms with van der Waals surface area (Å²) in [5.41, 5.74) is 2.71. The van der Waals surface area contributed by atoms with Crippen molar-refractivity contribution in [3.05, 3.63) is 65.7 Å². The van der Waals surface area contributed by atoms with E-state index in [1.165, 1.54) is 68.9 Å². The molecule has 0 aromatic heterocycles. The molecule has 37 heavy (non-hydrogen) atoms. The number of hydrogen-bond donors (Lipinski definition) is 0. The van der Waals surface area contributed by atoms with Gasteiger partial charge in [-0.25, -0.2) is 0 Å². The molecule has 0 aliphatic carbocycles. The molecule has 0 radical (unpaired) electrons. The van der Waals surface area contributed by atoms with Gasteiger partial charge in [0.15, 0.2) is 0 Å². The van der Waals surface area contributed by atoms with Crippen molar-refractivity contribution in [2.75, 3.05) is 33.9 Å². The molecule has 0 amide bonds. The molecule has 2 rings (SSSR count). The van der Waals surface area contributed by atoms with Crippen molar-refractivity contribution in [2.24, 2.45) is 0 Å². The third-order valence-electron chi connectivity index (χ3n) is 6.91. The van der Waals surface area contributed by atoms with E-state index >= 15 is 0 Å². The zero-order valence-electron chi connectivity index (χ0n) is 23.9. The molecule has 0 saturated heterocycles. The zero-order chi connectivity index (χ0) is 26.6. The Labute approximate surface area is 227 Å². The van der Waals surface area contributed by atoms with Gasteiger partial charge in [-0.3, -0.25) is 4.79 Å². The first-order chi connectivity index (χ1) is 18.0. The Morgan fingerprint density at radius 2 is 1.35 bits per heavy atom. The Bertz CT molecular complexity index is 832. The van der Waals surface area contributed by atoms with Gasteiger partial charge in [0.05, 0.1) is 40.3 Å². The molecule has 4 nitrogen and oxygen atoms in total. The summed E-state index contributed by atoms with van der Waals surface area (Å²) in [7, 11) is 4.42. The molecule has 0 aliphatic heterocycles. The van der Waals surface area contributed by atoms with E-state index in [-0.39, 0.29) is 5.97 Å². The topological polar surface area (TPSA) is 35.5 Å². The highest BCUT2D eigenvalue weighted by molar-refractivity contribution is 5.69. The number of rotatable bonds is 21. The number of carbonyl (C=O) groups is 1. The number of carbonyl (C=O) groups excluding carboxylic acids is 1. The lowest BCUT2D eigenvalue weighted by Crippen LogP contribution is -2.39. The Morgan fingerprint density at radius 1 is 0.703 bits per heavy atom. The van der Waals surface area contributed by atoms with Crippen molar-refractivity contribution < 1.29 is 18.8 Å². The van der Waals surface area contributed by atoms with Crippen molar-refractivity contribution in [1.29, 1.82) is 0 Å². The van der Waals surface area contributed by atoms with Gasteiger partial charge in [-0.15, -0.1) is 0 Å². The fourth-order valence-corrected chi connectivity index (χ4v) is 4.71. The van der Waals surface area contributed by atoms with Crippen LogP contribution in [0, 0.1) is 0 Å². The lowest BCUT2D eigenvalue weighted by Gasteiger charge is -2.29. The van der Waals surface area contributed by atoms with Gasteiger partial charge in [0, 0.05) is 18.4 Å². The number of unbranched alkanes of at least 4 members (excludes halogenated alkanes) is 8. The van der Waals surface area contributed by atoms with Gasteiger partial charge < -0.3 is 14.0 Å². The van der Waals surface area contributed by atoms with Crippen LogP contribution in [0.4, 0.5) is 0 Å². The van der Waals surface area contributed by atoms with Gasteiger partial charge in [0.1, 0.15) is 12.3 Å². The number of aryl methyl sites for hydroxylation is 1. The summed E-state index contributed by atoms with van der Waals surface area (Å²) in [6.07, 6.45) is 15.4. The van der Waals surface area contributed by atoms with Gasteiger partial charge in [0.25, 0.3) is 0 Å². The lowest BCUT2D eigenvalue weighted by atomic mass is 10.0. The standard InChI is InChI=1S/C33H52NO3/c1-4-5-6-7-8-9-10-11-13-18-30-22-24-32(25-23-30)36-27-17-28-37-33(35)21-16-26-34(2,3)29-31-19-14-12-15-20-31/h12,14-15,19-20,22-25H,4-11,13,16-18,21,26-29H2,1-3H3/q+1. The van der Waals surface area contributed by atoms with Crippen LogP contribution >= 0.6 is 0 Å². The van der Waals surface area contributed by atoms with Crippen LogP contribution in [0.2, 0.25) is 0 Å². The summed E-state index contributed by atoms with van der Waals surface area (Å²) in [5.74, 6) is 0.779. The normalized spacial score (nSPS) is 11.4. The molecule has 0 fully saturated rings. The van der Waals surface area contributed by atoms with Crippen LogP contribution in [0.5, 0.6) is 5.75 Å². The first-order valence-corrected chi connectivity index (χ1v) is 14.7. The number of hydrogen-bond acceptors (Lipinski definition) is 3. The van der Waals surface area contributed by atoms with Crippen LogP contribution in [0.25, 0.3) is 0 Å². The minimum absolute atomic E-state index is 0.111. The van der Waals surface area contributed by atoms with Crippen molar-refractivity contribution in [1.82, 2.24) is 0 Å². The first-order valence-electron chi connectivity index (χ1n) is 14.7. The molecule has 206 valence electrons. The monoisotopic (exact) mass is 510 g/mol. The summed E-state index contributed by atoms with van der Waals surface area (Å²) >= 11 is 0. The second-order valence-electron chi connectivity index (χ2n) is 11.1. The van der Waals surface area contributed by atoms with E-state index in [1.54, 1.807) is 0 Å². The van der Waals surface area contributed by atoms with Crippen molar-refractivity contribution in [2.45, 2.75) is 96.9 Å². The molecule has 0 unspecified atom stereocenters. The van der Waals surface area contributed by atoms with Crippen LogP contribution in [-0.4, -0.2) is 44.3 Å². The summed E-state index contributed by atoms with van der Waals surface area (Å²) in [6.45, 7) is 5.16. The van der Waals surface area contributed by atoms with Gasteiger partial charge in [-0.1, -0.05) is 101 Å². The number of ether oxygens (including phenoxy) is 2. The van der Waals surface area contributed by atoms with Gasteiger partial charge in [-0.2, -0.15) is 0 Å². The van der Waals surface area contributed by atoms with E-state index in [0.29, 0.717) is 26.1 Å². The summed E-state index contributed by atoms with van der Waals surface area (Å²) in [5, 5.41) is 0. The Hall–Kier alpha value is -2.33.